The highest BCUT2D eigenvalue weighted by Crippen LogP contribution is 2.31. The Bertz CT molecular complexity index is 999. The second-order valence-corrected chi connectivity index (χ2v) is 7.43. The van der Waals surface area contributed by atoms with Crippen LogP contribution in [0.5, 0.6) is 0 Å². The molecule has 120 valence electrons. The minimum Gasteiger partial charge on any atom is -0.257 e. The molecule has 0 aliphatic carbocycles. The van der Waals surface area contributed by atoms with Gasteiger partial charge in [0.1, 0.15) is 12.2 Å². The Morgan fingerprint density at radius 1 is 1.04 bits per heavy atom. The second-order valence-electron chi connectivity index (χ2n) is 5.41. The van der Waals surface area contributed by atoms with Crippen molar-refractivity contribution in [1.29, 1.82) is 5.26 Å². The lowest BCUT2D eigenvalue weighted by molar-refractivity contribution is 0.602. The molecule has 0 saturated carbocycles. The van der Waals surface area contributed by atoms with Crippen LogP contribution in [0.3, 0.4) is 0 Å². The summed E-state index contributed by atoms with van der Waals surface area (Å²) in [7, 11) is -3.24. The van der Waals surface area contributed by atoms with Gasteiger partial charge in [-0.1, -0.05) is 42.5 Å². The summed E-state index contributed by atoms with van der Waals surface area (Å²) in [6, 6.07) is 18.5. The van der Waals surface area contributed by atoms with Crippen LogP contribution in [0.15, 0.2) is 65.7 Å². The standard InChI is InChI=1S/C18H15N3O2S/c1-24(22,23)16-9-7-15(8-10-16)18-17(13-21(20-18)12-11-19)14-5-3-2-4-6-14/h2-10,13H,12H2,1H3. The lowest BCUT2D eigenvalue weighted by Gasteiger charge is -2.04. The molecule has 0 amide bonds. The van der Waals surface area contributed by atoms with Crippen molar-refractivity contribution in [3.8, 4) is 28.5 Å². The van der Waals surface area contributed by atoms with Crippen LogP contribution in [-0.4, -0.2) is 24.5 Å². The third kappa shape index (κ3) is 3.21. The smallest absolute Gasteiger partial charge is 0.175 e. The molecule has 0 radical (unpaired) electrons. The fourth-order valence-corrected chi connectivity index (χ4v) is 3.11. The molecule has 0 spiro atoms. The van der Waals surface area contributed by atoms with E-state index in [4.69, 9.17) is 5.26 Å². The fraction of sp³-hybridized carbons (Fsp3) is 0.111. The highest BCUT2D eigenvalue weighted by Gasteiger charge is 2.14. The van der Waals surface area contributed by atoms with E-state index < -0.39 is 9.84 Å². The van der Waals surface area contributed by atoms with Gasteiger partial charge in [-0.05, 0) is 17.7 Å². The summed E-state index contributed by atoms with van der Waals surface area (Å²) < 4.78 is 24.8. The van der Waals surface area contributed by atoms with Crippen LogP contribution in [-0.2, 0) is 16.4 Å². The molecule has 0 atom stereocenters. The molecule has 3 rings (SSSR count). The third-order valence-electron chi connectivity index (χ3n) is 3.64. The molecule has 6 heteroatoms. The highest BCUT2D eigenvalue weighted by atomic mass is 32.2. The average Bonchev–Trinajstić information content (AvgIpc) is 2.99. The average molecular weight is 337 g/mol. The van der Waals surface area contributed by atoms with E-state index in [2.05, 4.69) is 11.2 Å². The van der Waals surface area contributed by atoms with E-state index in [0.717, 1.165) is 22.4 Å². The van der Waals surface area contributed by atoms with Crippen molar-refractivity contribution in [1.82, 2.24) is 9.78 Å². The van der Waals surface area contributed by atoms with Crippen molar-refractivity contribution in [2.45, 2.75) is 11.4 Å². The summed E-state index contributed by atoms with van der Waals surface area (Å²) in [5.41, 5.74) is 3.41. The number of benzene rings is 2. The summed E-state index contributed by atoms with van der Waals surface area (Å²) in [6.45, 7) is 0.154. The Balaban J connectivity index is 2.11. The van der Waals surface area contributed by atoms with Gasteiger partial charge >= 0.3 is 0 Å². The first kappa shape index (κ1) is 16.0. The molecule has 0 aliphatic heterocycles. The molecule has 0 fully saturated rings. The van der Waals surface area contributed by atoms with Crippen molar-refractivity contribution < 1.29 is 8.42 Å². The SMILES string of the molecule is CS(=O)(=O)c1ccc(-c2nn(CC#N)cc2-c2ccccc2)cc1. The van der Waals surface area contributed by atoms with E-state index in [9.17, 15) is 8.42 Å². The quantitative estimate of drug-likeness (QED) is 0.733. The van der Waals surface area contributed by atoms with Gasteiger partial charge in [-0.2, -0.15) is 10.4 Å². The first-order valence-electron chi connectivity index (χ1n) is 7.29. The number of hydrogen-bond donors (Lipinski definition) is 0. The maximum absolute atomic E-state index is 11.6. The first-order valence-corrected chi connectivity index (χ1v) is 9.18. The number of nitrogens with zero attached hydrogens (tertiary/aromatic N) is 3. The van der Waals surface area contributed by atoms with Gasteiger partial charge in [-0.25, -0.2) is 8.42 Å². The molecule has 0 unspecified atom stereocenters. The molecule has 24 heavy (non-hydrogen) atoms. The largest absolute Gasteiger partial charge is 0.257 e. The van der Waals surface area contributed by atoms with E-state index in [1.807, 2.05) is 36.5 Å². The van der Waals surface area contributed by atoms with E-state index in [1.54, 1.807) is 28.9 Å². The van der Waals surface area contributed by atoms with Crippen molar-refractivity contribution in [2.75, 3.05) is 6.26 Å². The van der Waals surface area contributed by atoms with Crippen LogP contribution in [0.2, 0.25) is 0 Å². The Morgan fingerprint density at radius 2 is 1.71 bits per heavy atom. The van der Waals surface area contributed by atoms with Crippen LogP contribution in [0.25, 0.3) is 22.4 Å². The van der Waals surface area contributed by atoms with E-state index in [0.29, 0.717) is 0 Å². The summed E-state index contributed by atoms with van der Waals surface area (Å²) >= 11 is 0. The Morgan fingerprint density at radius 3 is 2.29 bits per heavy atom. The summed E-state index contributed by atoms with van der Waals surface area (Å²) in [4.78, 5) is 0.268. The minimum absolute atomic E-state index is 0.154. The second kappa shape index (κ2) is 6.30. The van der Waals surface area contributed by atoms with Crippen LogP contribution in [0, 0.1) is 11.3 Å². The van der Waals surface area contributed by atoms with Gasteiger partial charge in [-0.15, -0.1) is 0 Å². The zero-order valence-electron chi connectivity index (χ0n) is 13.0. The van der Waals surface area contributed by atoms with Crippen molar-refractivity contribution in [3.05, 3.63) is 60.8 Å². The van der Waals surface area contributed by atoms with Gasteiger partial charge in [0.15, 0.2) is 9.84 Å². The molecule has 3 aromatic rings. The Hall–Kier alpha value is -2.91. The number of nitriles is 1. The molecular weight excluding hydrogens is 322 g/mol. The van der Waals surface area contributed by atoms with Gasteiger partial charge in [0.25, 0.3) is 0 Å². The summed E-state index contributed by atoms with van der Waals surface area (Å²) in [5, 5.41) is 13.4. The van der Waals surface area contributed by atoms with E-state index in [-0.39, 0.29) is 11.4 Å². The molecule has 0 saturated heterocycles. The monoisotopic (exact) mass is 337 g/mol. The molecule has 1 aromatic heterocycles. The van der Waals surface area contributed by atoms with E-state index in [1.165, 1.54) is 6.26 Å². The molecule has 0 bridgehead atoms. The number of aromatic nitrogens is 2. The maximum Gasteiger partial charge on any atom is 0.175 e. The first-order chi connectivity index (χ1) is 11.5. The van der Waals surface area contributed by atoms with Crippen LogP contribution in [0.4, 0.5) is 0 Å². The molecule has 2 aromatic carbocycles. The summed E-state index contributed by atoms with van der Waals surface area (Å²) in [5.74, 6) is 0. The zero-order chi connectivity index (χ0) is 17.2. The third-order valence-corrected chi connectivity index (χ3v) is 4.76. The van der Waals surface area contributed by atoms with Crippen LogP contribution >= 0.6 is 0 Å². The maximum atomic E-state index is 11.6. The normalized spacial score (nSPS) is 11.2. The number of sulfone groups is 1. The molecule has 0 aliphatic rings. The Labute approximate surface area is 140 Å². The fourth-order valence-electron chi connectivity index (χ4n) is 2.48. The van der Waals surface area contributed by atoms with Crippen molar-refractivity contribution in [3.63, 3.8) is 0 Å². The van der Waals surface area contributed by atoms with Gasteiger partial charge in [0.05, 0.1) is 11.0 Å². The topological polar surface area (TPSA) is 75.8 Å². The highest BCUT2D eigenvalue weighted by molar-refractivity contribution is 7.90. The minimum atomic E-state index is -3.24. The lowest BCUT2D eigenvalue weighted by Crippen LogP contribution is -1.97. The number of rotatable bonds is 4. The molecule has 0 N–H and O–H groups in total. The van der Waals surface area contributed by atoms with Crippen molar-refractivity contribution in [2.24, 2.45) is 0 Å². The molecule has 1 heterocycles. The van der Waals surface area contributed by atoms with Gasteiger partial charge in [0, 0.05) is 23.6 Å². The Kier molecular flexibility index (Phi) is 4.19. The van der Waals surface area contributed by atoms with E-state index >= 15 is 0 Å². The predicted molar refractivity (Wildman–Crippen MR) is 91.8 cm³/mol. The summed E-state index contributed by atoms with van der Waals surface area (Å²) in [6.07, 6.45) is 3.01. The van der Waals surface area contributed by atoms with Gasteiger partial charge in [0.2, 0.25) is 0 Å². The zero-order valence-corrected chi connectivity index (χ0v) is 13.9. The van der Waals surface area contributed by atoms with Crippen LogP contribution < -0.4 is 0 Å². The molecule has 5 nitrogen and oxygen atoms in total. The molecular formula is C18H15N3O2S. The van der Waals surface area contributed by atoms with Gasteiger partial charge < -0.3 is 0 Å². The van der Waals surface area contributed by atoms with Crippen LogP contribution in [0.1, 0.15) is 0 Å². The lowest BCUT2D eigenvalue weighted by atomic mass is 10.0. The predicted octanol–water partition coefficient (Wildman–Crippen LogP) is 3.14. The van der Waals surface area contributed by atoms with Crippen molar-refractivity contribution >= 4 is 9.84 Å². The number of hydrogen-bond acceptors (Lipinski definition) is 4. The van der Waals surface area contributed by atoms with Gasteiger partial charge in [-0.3, -0.25) is 4.68 Å².